The van der Waals surface area contributed by atoms with Crippen LogP contribution in [-0.2, 0) is 19.4 Å². The molecule has 0 bridgehead atoms. The van der Waals surface area contributed by atoms with Gasteiger partial charge < -0.3 is 5.32 Å². The average molecular weight is 394 g/mol. The molecule has 3 heterocycles. The molecule has 0 saturated carbocycles. The third-order valence-corrected chi connectivity index (χ3v) is 6.48. The Morgan fingerprint density at radius 1 is 1.13 bits per heavy atom. The molecular weight excluding hydrogens is 372 g/mol. The maximum absolute atomic E-state index is 9.20. The van der Waals surface area contributed by atoms with Crippen LogP contribution < -0.4 is 5.32 Å². The predicted octanol–water partition coefficient (Wildman–Crippen LogP) is 4.73. The van der Waals surface area contributed by atoms with Crippen LogP contribution in [0.1, 0.15) is 47.7 Å². The van der Waals surface area contributed by atoms with E-state index in [1.807, 2.05) is 18.3 Å². The van der Waals surface area contributed by atoms with E-state index in [1.54, 1.807) is 0 Å². The van der Waals surface area contributed by atoms with E-state index in [9.17, 15) is 5.26 Å². The number of aromatic amines is 1. The molecule has 2 aliphatic rings. The lowest BCUT2D eigenvalue weighted by Gasteiger charge is -2.27. The zero-order chi connectivity index (χ0) is 20.1. The van der Waals surface area contributed by atoms with E-state index < -0.39 is 0 Å². The molecule has 1 aliphatic heterocycles. The largest absolute Gasteiger partial charge is 0.378 e. The zero-order valence-corrected chi connectivity index (χ0v) is 16.7. The highest BCUT2D eigenvalue weighted by Gasteiger charge is 2.23. The lowest BCUT2D eigenvalue weighted by Crippen LogP contribution is -2.17. The molecule has 2 N–H and O–H groups in total. The fourth-order valence-corrected chi connectivity index (χ4v) is 5.01. The first-order chi connectivity index (χ1) is 14.8. The van der Waals surface area contributed by atoms with Gasteiger partial charge in [-0.05, 0) is 73.6 Å². The number of H-pyrrole nitrogens is 1. The number of benzene rings is 2. The third-order valence-electron chi connectivity index (χ3n) is 6.48. The molecule has 148 valence electrons. The molecule has 0 amide bonds. The summed E-state index contributed by atoms with van der Waals surface area (Å²) in [4.78, 5) is 0. The Labute approximate surface area is 174 Å². The molecule has 1 atom stereocenters. The summed E-state index contributed by atoms with van der Waals surface area (Å²) < 4.78 is 2.10. The number of nitrogens with zero attached hydrogens (tertiary/aromatic N) is 4. The van der Waals surface area contributed by atoms with Gasteiger partial charge in [0, 0.05) is 28.9 Å². The first-order valence-corrected chi connectivity index (χ1v) is 10.6. The van der Waals surface area contributed by atoms with Gasteiger partial charge in [-0.1, -0.05) is 6.07 Å². The Balaban J connectivity index is 1.36. The molecule has 0 radical (unpaired) electrons. The summed E-state index contributed by atoms with van der Waals surface area (Å²) in [6.45, 7) is 0.999. The molecular formula is C24H22N6. The summed E-state index contributed by atoms with van der Waals surface area (Å²) in [5, 5.41) is 26.4. The summed E-state index contributed by atoms with van der Waals surface area (Å²) >= 11 is 0. The van der Waals surface area contributed by atoms with Gasteiger partial charge in [-0.3, -0.25) is 9.78 Å². The molecule has 6 rings (SSSR count). The van der Waals surface area contributed by atoms with E-state index in [0.29, 0.717) is 0 Å². The molecule has 2 aromatic carbocycles. The topological polar surface area (TPSA) is 82.3 Å². The van der Waals surface area contributed by atoms with Crippen LogP contribution in [0, 0.1) is 11.3 Å². The quantitative estimate of drug-likeness (QED) is 0.526. The summed E-state index contributed by atoms with van der Waals surface area (Å²) in [6.07, 6.45) is 7.42. The molecule has 4 aromatic rings. The average Bonchev–Trinajstić information content (AvgIpc) is 3.49. The van der Waals surface area contributed by atoms with Gasteiger partial charge >= 0.3 is 0 Å². The van der Waals surface area contributed by atoms with Gasteiger partial charge in [-0.15, -0.1) is 0 Å². The number of hydrogen-bond donors (Lipinski definition) is 2. The monoisotopic (exact) mass is 394 g/mol. The summed E-state index contributed by atoms with van der Waals surface area (Å²) in [5.74, 6) is 0. The van der Waals surface area contributed by atoms with Gasteiger partial charge in [-0.2, -0.15) is 15.5 Å². The second-order valence-corrected chi connectivity index (χ2v) is 8.28. The predicted molar refractivity (Wildman–Crippen MR) is 116 cm³/mol. The number of aryl methyl sites for hydroxylation is 2. The van der Waals surface area contributed by atoms with Crippen molar-refractivity contribution in [2.75, 3.05) is 5.32 Å². The fraction of sp³-hybridized carbons (Fsp3) is 0.292. The second kappa shape index (κ2) is 6.74. The molecule has 1 aliphatic carbocycles. The molecule has 30 heavy (non-hydrogen) atoms. The summed E-state index contributed by atoms with van der Waals surface area (Å²) in [6, 6.07) is 15.0. The van der Waals surface area contributed by atoms with E-state index in [1.165, 1.54) is 16.8 Å². The van der Waals surface area contributed by atoms with E-state index >= 15 is 0 Å². The van der Waals surface area contributed by atoms with E-state index in [4.69, 9.17) is 0 Å². The van der Waals surface area contributed by atoms with Gasteiger partial charge in [0.05, 0.1) is 29.4 Å². The molecule has 0 unspecified atom stereocenters. The number of aromatic nitrogens is 4. The number of anilines is 1. The minimum atomic E-state index is 0.259. The Morgan fingerprint density at radius 2 is 2.10 bits per heavy atom. The van der Waals surface area contributed by atoms with Gasteiger partial charge in [0.2, 0.25) is 0 Å². The standard InChI is InChI=1S/C24H22N6/c25-13-15-6-8-18-16(11-15)3-1-4-21(18)27-17-7-9-22-19(12-17)24(29-28-22)20-14-26-30-10-2-5-23(20)30/h6-9,11-12,14,21,27H,1-5,10H2,(H,28,29)/t21-/m0/s1. The van der Waals surface area contributed by atoms with E-state index in [2.05, 4.69) is 55.6 Å². The Bertz CT molecular complexity index is 1310. The molecule has 6 heteroatoms. The van der Waals surface area contributed by atoms with Crippen molar-refractivity contribution < 1.29 is 0 Å². The summed E-state index contributed by atoms with van der Waals surface area (Å²) in [7, 11) is 0. The maximum Gasteiger partial charge on any atom is 0.103 e. The molecule has 2 aromatic heterocycles. The second-order valence-electron chi connectivity index (χ2n) is 8.28. The van der Waals surface area contributed by atoms with Crippen LogP contribution in [0.4, 0.5) is 5.69 Å². The van der Waals surface area contributed by atoms with Crippen molar-refractivity contribution in [2.45, 2.75) is 44.7 Å². The minimum Gasteiger partial charge on any atom is -0.378 e. The lowest BCUT2D eigenvalue weighted by atomic mass is 9.86. The Morgan fingerprint density at radius 3 is 3.03 bits per heavy atom. The smallest absolute Gasteiger partial charge is 0.103 e. The molecule has 0 saturated heterocycles. The highest BCUT2D eigenvalue weighted by Crippen LogP contribution is 2.36. The number of nitriles is 1. The van der Waals surface area contributed by atoms with Crippen LogP contribution in [0.15, 0.2) is 42.6 Å². The minimum absolute atomic E-state index is 0.259. The van der Waals surface area contributed by atoms with Gasteiger partial charge in [0.1, 0.15) is 5.69 Å². The van der Waals surface area contributed by atoms with Crippen molar-refractivity contribution in [1.29, 1.82) is 5.26 Å². The third kappa shape index (κ3) is 2.70. The van der Waals surface area contributed by atoms with Crippen LogP contribution in [-0.4, -0.2) is 20.0 Å². The highest BCUT2D eigenvalue weighted by atomic mass is 15.3. The van der Waals surface area contributed by atoms with Gasteiger partial charge in [-0.25, -0.2) is 0 Å². The maximum atomic E-state index is 9.20. The summed E-state index contributed by atoms with van der Waals surface area (Å²) in [5.41, 5.74) is 8.89. The van der Waals surface area contributed by atoms with Crippen molar-refractivity contribution >= 4 is 16.6 Å². The van der Waals surface area contributed by atoms with Crippen LogP contribution in [0.25, 0.3) is 22.2 Å². The lowest BCUT2D eigenvalue weighted by molar-refractivity contribution is 0.600. The van der Waals surface area contributed by atoms with Crippen molar-refractivity contribution in [3.63, 3.8) is 0 Å². The first kappa shape index (κ1) is 17.3. The Hall–Kier alpha value is -3.59. The normalized spacial score (nSPS) is 17.5. The van der Waals surface area contributed by atoms with Crippen molar-refractivity contribution in [3.05, 3.63) is 65.0 Å². The van der Waals surface area contributed by atoms with Crippen molar-refractivity contribution in [3.8, 4) is 17.3 Å². The molecule has 6 nitrogen and oxygen atoms in total. The number of nitrogens with one attached hydrogen (secondary N) is 2. The zero-order valence-electron chi connectivity index (χ0n) is 16.7. The van der Waals surface area contributed by atoms with Crippen LogP contribution in [0.2, 0.25) is 0 Å². The highest BCUT2D eigenvalue weighted by molar-refractivity contribution is 5.95. The van der Waals surface area contributed by atoms with Crippen LogP contribution in [0.5, 0.6) is 0 Å². The van der Waals surface area contributed by atoms with E-state index in [-0.39, 0.29) is 6.04 Å². The van der Waals surface area contributed by atoms with Crippen LogP contribution in [0.3, 0.4) is 0 Å². The van der Waals surface area contributed by atoms with Crippen molar-refractivity contribution in [2.24, 2.45) is 0 Å². The van der Waals surface area contributed by atoms with Crippen LogP contribution >= 0.6 is 0 Å². The number of hydrogen-bond acceptors (Lipinski definition) is 4. The number of rotatable bonds is 3. The molecule has 0 fully saturated rings. The van der Waals surface area contributed by atoms with E-state index in [0.717, 1.165) is 72.1 Å². The van der Waals surface area contributed by atoms with Gasteiger partial charge in [0.15, 0.2) is 0 Å². The SMILES string of the molecule is N#Cc1ccc2c(c1)CCC[C@@H]2Nc1ccc2[nH]nc(-c3cnn4c3CCC4)c2c1. The van der Waals surface area contributed by atoms with Gasteiger partial charge in [0.25, 0.3) is 0 Å². The Kier molecular flexibility index (Phi) is 3.88. The number of fused-ring (bicyclic) bond motifs is 3. The first-order valence-electron chi connectivity index (χ1n) is 10.6. The van der Waals surface area contributed by atoms with Crippen molar-refractivity contribution in [1.82, 2.24) is 20.0 Å². The fourth-order valence-electron chi connectivity index (χ4n) is 5.01. The molecule has 0 spiro atoms.